The Bertz CT molecular complexity index is 1130. The Morgan fingerprint density at radius 3 is 2.37 bits per heavy atom. The van der Waals surface area contributed by atoms with Crippen LogP contribution in [0.1, 0.15) is 17.3 Å². The van der Waals surface area contributed by atoms with Gasteiger partial charge >= 0.3 is 0 Å². The number of rotatable bonds is 6. The molecule has 2 aromatic rings. The van der Waals surface area contributed by atoms with Crippen molar-refractivity contribution in [2.75, 3.05) is 35.9 Å². The molecule has 1 heterocycles. The molecule has 3 rings (SSSR count). The van der Waals surface area contributed by atoms with Crippen LogP contribution in [0.2, 0.25) is 5.02 Å². The quantitative estimate of drug-likeness (QED) is 0.691. The van der Waals surface area contributed by atoms with E-state index in [1.807, 2.05) is 6.92 Å². The third-order valence-corrected chi connectivity index (χ3v) is 7.99. The number of benzene rings is 2. The molecule has 0 bridgehead atoms. The molecule has 1 aliphatic rings. The molecule has 0 saturated carbocycles. The highest BCUT2D eigenvalue weighted by molar-refractivity contribution is 7.93. The molecule has 0 spiro atoms. The van der Waals surface area contributed by atoms with Crippen LogP contribution in [0.4, 0.5) is 5.69 Å². The van der Waals surface area contributed by atoms with Crippen LogP contribution in [0.15, 0.2) is 47.4 Å². The predicted molar refractivity (Wildman–Crippen MR) is 114 cm³/mol. The van der Waals surface area contributed by atoms with E-state index in [0.29, 0.717) is 18.0 Å². The van der Waals surface area contributed by atoms with Crippen molar-refractivity contribution in [3.05, 3.63) is 53.1 Å². The minimum absolute atomic E-state index is 0.0359. The van der Waals surface area contributed by atoms with Gasteiger partial charge in [-0.2, -0.15) is 0 Å². The fourth-order valence-corrected chi connectivity index (χ4v) is 5.72. The monoisotopic (exact) mass is 472 g/mol. The maximum absolute atomic E-state index is 12.8. The third kappa shape index (κ3) is 5.24. The zero-order chi connectivity index (χ0) is 21.9. The second-order valence-electron chi connectivity index (χ2n) is 6.65. The summed E-state index contributed by atoms with van der Waals surface area (Å²) >= 11 is 6.10. The summed E-state index contributed by atoms with van der Waals surface area (Å²) in [5, 5.41) is -0.0359. The van der Waals surface area contributed by atoms with Crippen molar-refractivity contribution in [2.24, 2.45) is 0 Å². The van der Waals surface area contributed by atoms with Crippen LogP contribution >= 0.6 is 11.6 Å². The van der Waals surface area contributed by atoms with Crippen molar-refractivity contribution in [1.82, 2.24) is 4.90 Å². The van der Waals surface area contributed by atoms with E-state index >= 15 is 0 Å². The summed E-state index contributed by atoms with van der Waals surface area (Å²) in [6.45, 7) is 2.47. The molecule has 1 N–H and O–H groups in total. The summed E-state index contributed by atoms with van der Waals surface area (Å²) in [5.41, 5.74) is 0.429. The van der Waals surface area contributed by atoms with E-state index in [2.05, 4.69) is 4.72 Å². The van der Waals surface area contributed by atoms with Gasteiger partial charge in [0.25, 0.3) is 15.9 Å². The zero-order valence-electron chi connectivity index (χ0n) is 16.2. The van der Waals surface area contributed by atoms with Gasteiger partial charge in [0.05, 0.1) is 23.1 Å². The average molecular weight is 473 g/mol. The first-order valence-electron chi connectivity index (χ1n) is 9.16. The van der Waals surface area contributed by atoms with Crippen LogP contribution in [0, 0.1) is 0 Å². The first kappa shape index (κ1) is 22.4. The van der Waals surface area contributed by atoms with E-state index < -0.39 is 25.8 Å². The van der Waals surface area contributed by atoms with Crippen molar-refractivity contribution in [1.29, 1.82) is 0 Å². The molecular weight excluding hydrogens is 452 g/mol. The number of carbonyl (C=O) groups is 1. The SMILES string of the molecule is CCOc1ccc(NS(=O)(=O)c2cc(C(=O)N3CCS(=O)(=O)CC3)ccc2Cl)cc1. The number of hydrogen-bond donors (Lipinski definition) is 1. The van der Waals surface area contributed by atoms with Gasteiger partial charge in [0, 0.05) is 24.3 Å². The van der Waals surface area contributed by atoms with Gasteiger partial charge in [-0.05, 0) is 49.4 Å². The van der Waals surface area contributed by atoms with Crippen molar-refractivity contribution in [3.63, 3.8) is 0 Å². The highest BCUT2D eigenvalue weighted by Gasteiger charge is 2.27. The van der Waals surface area contributed by atoms with Crippen LogP contribution in [0.3, 0.4) is 0 Å². The molecule has 1 aliphatic heterocycles. The Kier molecular flexibility index (Phi) is 6.59. The van der Waals surface area contributed by atoms with Gasteiger partial charge in [-0.3, -0.25) is 9.52 Å². The Balaban J connectivity index is 1.82. The summed E-state index contributed by atoms with van der Waals surface area (Å²) in [7, 11) is -7.20. The standard InChI is InChI=1S/C19H21ClN2O6S2/c1-2-28-16-6-4-15(5-7-16)21-30(26,27)18-13-14(3-8-17(18)20)19(23)22-9-11-29(24,25)12-10-22/h3-8,13,21H,2,9-12H2,1H3. The lowest BCUT2D eigenvalue weighted by molar-refractivity contribution is 0.0770. The molecule has 0 radical (unpaired) electrons. The predicted octanol–water partition coefficient (Wildman–Crippen LogP) is 2.41. The van der Waals surface area contributed by atoms with Gasteiger partial charge in [0.1, 0.15) is 10.6 Å². The smallest absolute Gasteiger partial charge is 0.263 e. The maximum atomic E-state index is 12.8. The summed E-state index contributed by atoms with van der Waals surface area (Å²) in [5.74, 6) is -0.0678. The Labute approximate surface area is 180 Å². The average Bonchev–Trinajstić information content (AvgIpc) is 2.69. The van der Waals surface area contributed by atoms with Crippen molar-refractivity contribution in [3.8, 4) is 5.75 Å². The van der Waals surface area contributed by atoms with Crippen LogP contribution in [0.25, 0.3) is 0 Å². The second-order valence-corrected chi connectivity index (χ2v) is 11.0. The first-order valence-corrected chi connectivity index (χ1v) is 12.8. The molecule has 11 heteroatoms. The molecule has 0 aliphatic carbocycles. The van der Waals surface area contributed by atoms with Crippen molar-refractivity contribution in [2.45, 2.75) is 11.8 Å². The highest BCUT2D eigenvalue weighted by atomic mass is 35.5. The fraction of sp³-hybridized carbons (Fsp3) is 0.316. The van der Waals surface area contributed by atoms with E-state index in [9.17, 15) is 21.6 Å². The van der Waals surface area contributed by atoms with E-state index in [4.69, 9.17) is 16.3 Å². The summed E-state index contributed by atoms with van der Waals surface area (Å²) in [4.78, 5) is 13.9. The number of nitrogens with one attached hydrogen (secondary N) is 1. The number of ether oxygens (including phenoxy) is 1. The van der Waals surface area contributed by atoms with Crippen molar-refractivity contribution >= 4 is 43.1 Å². The molecule has 0 atom stereocenters. The van der Waals surface area contributed by atoms with E-state index in [1.165, 1.54) is 23.1 Å². The summed E-state index contributed by atoms with van der Waals surface area (Å²) < 4.78 is 56.6. The number of carbonyl (C=O) groups excluding carboxylic acids is 1. The second kappa shape index (κ2) is 8.83. The number of sulfonamides is 1. The number of hydrogen-bond acceptors (Lipinski definition) is 6. The minimum Gasteiger partial charge on any atom is -0.494 e. The number of anilines is 1. The molecule has 1 saturated heterocycles. The number of nitrogens with zero attached hydrogens (tertiary/aromatic N) is 1. The molecule has 162 valence electrons. The lowest BCUT2D eigenvalue weighted by Gasteiger charge is -2.27. The molecule has 2 aromatic carbocycles. The zero-order valence-corrected chi connectivity index (χ0v) is 18.6. The minimum atomic E-state index is -4.06. The normalized spacial score (nSPS) is 16.1. The number of amides is 1. The maximum Gasteiger partial charge on any atom is 0.263 e. The van der Waals surface area contributed by atoms with Gasteiger partial charge in [-0.1, -0.05) is 11.6 Å². The first-order chi connectivity index (χ1) is 14.1. The highest BCUT2D eigenvalue weighted by Crippen LogP contribution is 2.26. The molecule has 1 amide bonds. The van der Waals surface area contributed by atoms with Gasteiger partial charge in [0.15, 0.2) is 9.84 Å². The lowest BCUT2D eigenvalue weighted by atomic mass is 10.2. The molecule has 0 unspecified atom stereocenters. The largest absolute Gasteiger partial charge is 0.494 e. The molecular formula is C19H21ClN2O6S2. The molecule has 1 fully saturated rings. The summed E-state index contributed by atoms with van der Waals surface area (Å²) in [6.07, 6.45) is 0. The topological polar surface area (TPSA) is 110 Å². The van der Waals surface area contributed by atoms with Crippen molar-refractivity contribution < 1.29 is 26.4 Å². The van der Waals surface area contributed by atoms with E-state index in [0.717, 1.165) is 0 Å². The van der Waals surface area contributed by atoms with Crippen LogP contribution in [-0.2, 0) is 19.9 Å². The Morgan fingerprint density at radius 1 is 1.13 bits per heavy atom. The van der Waals surface area contributed by atoms with Gasteiger partial charge in [-0.15, -0.1) is 0 Å². The molecule has 30 heavy (non-hydrogen) atoms. The lowest BCUT2D eigenvalue weighted by Crippen LogP contribution is -2.43. The number of sulfone groups is 1. The molecule has 0 aromatic heterocycles. The Morgan fingerprint density at radius 2 is 1.77 bits per heavy atom. The Hall–Kier alpha value is -2.30. The van der Waals surface area contributed by atoms with Gasteiger partial charge in [0.2, 0.25) is 0 Å². The van der Waals surface area contributed by atoms with Gasteiger partial charge in [-0.25, -0.2) is 16.8 Å². The fourth-order valence-electron chi connectivity index (χ4n) is 2.94. The van der Waals surface area contributed by atoms with E-state index in [-0.39, 0.29) is 40.1 Å². The van der Waals surface area contributed by atoms with Crippen LogP contribution in [0.5, 0.6) is 5.75 Å². The third-order valence-electron chi connectivity index (χ3n) is 4.52. The van der Waals surface area contributed by atoms with E-state index in [1.54, 1.807) is 24.3 Å². The summed E-state index contributed by atoms with van der Waals surface area (Å²) in [6, 6.07) is 10.3. The number of halogens is 1. The van der Waals surface area contributed by atoms with Crippen LogP contribution < -0.4 is 9.46 Å². The molecule has 8 nitrogen and oxygen atoms in total. The van der Waals surface area contributed by atoms with Crippen LogP contribution in [-0.4, -0.2) is 58.8 Å². The van der Waals surface area contributed by atoms with Gasteiger partial charge < -0.3 is 9.64 Å².